The zero-order valence-electron chi connectivity index (χ0n) is 14.3. The Morgan fingerprint density at radius 1 is 1.30 bits per heavy atom. The number of phenolic OH excluding ortho intramolecular Hbond substituents is 2. The molecule has 6 heteroatoms. The molecule has 0 aliphatic heterocycles. The Labute approximate surface area is 137 Å². The highest BCUT2D eigenvalue weighted by Crippen LogP contribution is 2.22. The summed E-state index contributed by atoms with van der Waals surface area (Å²) in [5, 5.41) is 25.1. The van der Waals surface area contributed by atoms with Gasteiger partial charge in [0.1, 0.15) is 17.1 Å². The molecule has 0 saturated carbocycles. The number of benzene rings is 1. The van der Waals surface area contributed by atoms with Gasteiger partial charge in [0.15, 0.2) is 0 Å². The van der Waals surface area contributed by atoms with Crippen LogP contribution < -0.4 is 10.6 Å². The van der Waals surface area contributed by atoms with Crippen molar-refractivity contribution in [1.29, 1.82) is 0 Å². The lowest BCUT2D eigenvalue weighted by Crippen LogP contribution is -2.42. The van der Waals surface area contributed by atoms with Crippen LogP contribution in [-0.4, -0.2) is 34.5 Å². The van der Waals surface area contributed by atoms with Crippen LogP contribution >= 0.6 is 0 Å². The molecule has 6 nitrogen and oxygen atoms in total. The number of hydrogen-bond acceptors (Lipinski definition) is 5. The molecule has 0 bridgehead atoms. The molecule has 130 valence electrons. The van der Waals surface area contributed by atoms with Crippen molar-refractivity contribution >= 4 is 6.09 Å². The van der Waals surface area contributed by atoms with E-state index in [-0.39, 0.29) is 17.5 Å². The fourth-order valence-corrected chi connectivity index (χ4v) is 2.10. The lowest BCUT2D eigenvalue weighted by molar-refractivity contribution is 0.0521. The van der Waals surface area contributed by atoms with E-state index < -0.39 is 11.7 Å². The second kappa shape index (κ2) is 8.62. The highest BCUT2D eigenvalue weighted by atomic mass is 16.6. The van der Waals surface area contributed by atoms with Gasteiger partial charge in [-0.05, 0) is 33.3 Å². The molecular formula is C17H28N2O4. The van der Waals surface area contributed by atoms with Crippen LogP contribution in [0.1, 0.15) is 46.1 Å². The van der Waals surface area contributed by atoms with Gasteiger partial charge in [-0.15, -0.1) is 0 Å². The van der Waals surface area contributed by atoms with Crippen molar-refractivity contribution in [3.05, 3.63) is 23.8 Å². The summed E-state index contributed by atoms with van der Waals surface area (Å²) in [6.45, 7) is 8.43. The van der Waals surface area contributed by atoms with Crippen molar-refractivity contribution in [2.45, 2.75) is 58.7 Å². The standard InChI is InChI=1S/C17H28N2O4/c1-5-6-13(11-19-16(22)23-17(2,3)4)18-10-12-7-8-14(20)9-15(12)21/h7-9,13,18,20-21H,5-6,10-11H2,1-4H3,(H,19,22). The summed E-state index contributed by atoms with van der Waals surface area (Å²) in [6, 6.07) is 4.58. The Hall–Kier alpha value is -1.95. The average Bonchev–Trinajstić information content (AvgIpc) is 2.41. The molecule has 0 saturated heterocycles. The molecule has 0 aliphatic carbocycles. The van der Waals surface area contributed by atoms with Crippen LogP contribution in [0.5, 0.6) is 11.5 Å². The van der Waals surface area contributed by atoms with E-state index in [0.717, 1.165) is 12.8 Å². The van der Waals surface area contributed by atoms with Crippen molar-refractivity contribution in [3.63, 3.8) is 0 Å². The molecule has 0 aromatic heterocycles. The van der Waals surface area contributed by atoms with E-state index in [9.17, 15) is 15.0 Å². The van der Waals surface area contributed by atoms with Gasteiger partial charge in [-0.1, -0.05) is 19.4 Å². The first kappa shape index (κ1) is 19.1. The molecule has 1 atom stereocenters. The maximum Gasteiger partial charge on any atom is 0.407 e. The van der Waals surface area contributed by atoms with Crippen molar-refractivity contribution < 1.29 is 19.7 Å². The minimum Gasteiger partial charge on any atom is -0.508 e. The fourth-order valence-electron chi connectivity index (χ4n) is 2.10. The molecule has 4 N–H and O–H groups in total. The number of alkyl carbamates (subject to hydrolysis) is 1. The van der Waals surface area contributed by atoms with Gasteiger partial charge in [-0.25, -0.2) is 4.79 Å². The summed E-state index contributed by atoms with van der Waals surface area (Å²) in [5.74, 6) is 0.0794. The normalized spacial score (nSPS) is 12.7. The highest BCUT2D eigenvalue weighted by molar-refractivity contribution is 5.67. The molecule has 1 rings (SSSR count). The third-order valence-electron chi connectivity index (χ3n) is 3.18. The molecule has 1 aromatic carbocycles. The number of hydrogen-bond donors (Lipinski definition) is 4. The molecule has 23 heavy (non-hydrogen) atoms. The van der Waals surface area contributed by atoms with Crippen LogP contribution in [0.15, 0.2) is 18.2 Å². The molecule has 0 spiro atoms. The molecule has 1 unspecified atom stereocenters. The summed E-state index contributed by atoms with van der Waals surface area (Å²) in [5.41, 5.74) is 0.177. The SMILES string of the molecule is CCCC(CNC(=O)OC(C)(C)C)NCc1ccc(O)cc1O. The van der Waals surface area contributed by atoms with Crippen LogP contribution in [0.2, 0.25) is 0 Å². The van der Waals surface area contributed by atoms with E-state index in [1.54, 1.807) is 6.07 Å². The fraction of sp³-hybridized carbons (Fsp3) is 0.588. The van der Waals surface area contributed by atoms with Gasteiger partial charge in [-0.3, -0.25) is 0 Å². The van der Waals surface area contributed by atoms with Crippen molar-refractivity contribution in [3.8, 4) is 11.5 Å². The van der Waals surface area contributed by atoms with Gasteiger partial charge in [0, 0.05) is 30.8 Å². The molecule has 0 aliphatic rings. The predicted octanol–water partition coefficient (Wildman–Crippen LogP) is 2.88. The Kier molecular flexibility index (Phi) is 7.16. The second-order valence-corrected chi connectivity index (χ2v) is 6.56. The third kappa shape index (κ3) is 7.74. The van der Waals surface area contributed by atoms with Gasteiger partial charge in [-0.2, -0.15) is 0 Å². The van der Waals surface area contributed by atoms with Crippen molar-refractivity contribution in [2.24, 2.45) is 0 Å². The first-order valence-corrected chi connectivity index (χ1v) is 7.92. The lowest BCUT2D eigenvalue weighted by atomic mass is 10.1. The Bertz CT molecular complexity index is 512. The molecular weight excluding hydrogens is 296 g/mol. The predicted molar refractivity (Wildman–Crippen MR) is 89.5 cm³/mol. The summed E-state index contributed by atoms with van der Waals surface area (Å²) >= 11 is 0. The van der Waals surface area contributed by atoms with E-state index in [0.29, 0.717) is 18.7 Å². The van der Waals surface area contributed by atoms with Crippen LogP contribution in [0, 0.1) is 0 Å². The molecule has 1 aromatic rings. The van der Waals surface area contributed by atoms with E-state index in [2.05, 4.69) is 17.6 Å². The average molecular weight is 324 g/mol. The Morgan fingerprint density at radius 3 is 2.57 bits per heavy atom. The topological polar surface area (TPSA) is 90.8 Å². The zero-order valence-corrected chi connectivity index (χ0v) is 14.3. The Balaban J connectivity index is 2.50. The van der Waals surface area contributed by atoms with E-state index in [1.807, 2.05) is 20.8 Å². The zero-order chi connectivity index (χ0) is 17.5. The first-order chi connectivity index (χ1) is 10.7. The number of nitrogens with one attached hydrogen (secondary N) is 2. The number of carbonyl (C=O) groups excluding carboxylic acids is 1. The maximum absolute atomic E-state index is 11.7. The first-order valence-electron chi connectivity index (χ1n) is 7.92. The van der Waals surface area contributed by atoms with Crippen molar-refractivity contribution in [1.82, 2.24) is 10.6 Å². The molecule has 0 heterocycles. The largest absolute Gasteiger partial charge is 0.508 e. The molecule has 0 fully saturated rings. The number of amides is 1. The van der Waals surface area contributed by atoms with Crippen LogP contribution in [0.3, 0.4) is 0 Å². The number of rotatable bonds is 7. The second-order valence-electron chi connectivity index (χ2n) is 6.56. The number of phenols is 2. The molecule has 0 radical (unpaired) electrons. The minimum atomic E-state index is -0.518. The van der Waals surface area contributed by atoms with E-state index >= 15 is 0 Å². The van der Waals surface area contributed by atoms with Gasteiger partial charge in [0.25, 0.3) is 0 Å². The van der Waals surface area contributed by atoms with E-state index in [1.165, 1.54) is 12.1 Å². The third-order valence-corrected chi connectivity index (χ3v) is 3.18. The number of carbonyl (C=O) groups is 1. The maximum atomic E-state index is 11.7. The van der Waals surface area contributed by atoms with E-state index in [4.69, 9.17) is 4.74 Å². The lowest BCUT2D eigenvalue weighted by Gasteiger charge is -2.22. The van der Waals surface area contributed by atoms with Gasteiger partial charge in [0.05, 0.1) is 0 Å². The van der Waals surface area contributed by atoms with Crippen LogP contribution in [0.25, 0.3) is 0 Å². The smallest absolute Gasteiger partial charge is 0.407 e. The van der Waals surface area contributed by atoms with Crippen molar-refractivity contribution in [2.75, 3.05) is 6.54 Å². The van der Waals surface area contributed by atoms with Crippen LogP contribution in [0.4, 0.5) is 4.79 Å². The number of aromatic hydroxyl groups is 2. The monoisotopic (exact) mass is 324 g/mol. The minimum absolute atomic E-state index is 0.0305. The van der Waals surface area contributed by atoms with Gasteiger partial charge in [0.2, 0.25) is 0 Å². The number of ether oxygens (including phenoxy) is 1. The summed E-state index contributed by atoms with van der Waals surface area (Å²) in [4.78, 5) is 11.7. The van der Waals surface area contributed by atoms with Gasteiger partial charge >= 0.3 is 6.09 Å². The van der Waals surface area contributed by atoms with Gasteiger partial charge < -0.3 is 25.6 Å². The molecule has 1 amide bonds. The summed E-state index contributed by atoms with van der Waals surface area (Å²) < 4.78 is 5.22. The summed E-state index contributed by atoms with van der Waals surface area (Å²) in [7, 11) is 0. The van der Waals surface area contributed by atoms with Crippen LogP contribution in [-0.2, 0) is 11.3 Å². The summed E-state index contributed by atoms with van der Waals surface area (Å²) in [6.07, 6.45) is 1.41. The Morgan fingerprint density at radius 2 is 2.00 bits per heavy atom. The quantitative estimate of drug-likeness (QED) is 0.619. The highest BCUT2D eigenvalue weighted by Gasteiger charge is 2.17.